The largest absolute Gasteiger partial charge is 0.399 e. The molecule has 0 saturated heterocycles. The predicted molar refractivity (Wildman–Crippen MR) is 75.9 cm³/mol. The van der Waals surface area contributed by atoms with Crippen molar-refractivity contribution in [3.63, 3.8) is 0 Å². The molecule has 2 aromatic carbocycles. The molecule has 0 aliphatic carbocycles. The smallest absolute Gasteiger partial charge is 0.255 e. The third-order valence-corrected chi connectivity index (χ3v) is 2.89. The zero-order valence-electron chi connectivity index (χ0n) is 10.7. The first-order valence-electron chi connectivity index (χ1n) is 5.97. The Morgan fingerprint density at radius 1 is 1.21 bits per heavy atom. The maximum absolute atomic E-state index is 12.1. The SMILES string of the molecule is Cc1cc(N)ccc1C(=O)Nc1ccc(CO)cc1. The zero-order chi connectivity index (χ0) is 13.8. The summed E-state index contributed by atoms with van der Waals surface area (Å²) >= 11 is 0. The first-order valence-corrected chi connectivity index (χ1v) is 5.97. The molecule has 0 aromatic heterocycles. The molecule has 2 aromatic rings. The number of carbonyl (C=O) groups is 1. The Hall–Kier alpha value is -2.33. The standard InChI is InChI=1S/C15H16N2O2/c1-10-8-12(16)4-7-14(10)15(19)17-13-5-2-11(9-18)3-6-13/h2-8,18H,9,16H2,1H3,(H,17,19). The van der Waals surface area contributed by atoms with E-state index in [0.717, 1.165) is 11.1 Å². The van der Waals surface area contributed by atoms with Crippen molar-refractivity contribution in [2.75, 3.05) is 11.1 Å². The fourth-order valence-corrected chi connectivity index (χ4v) is 1.83. The monoisotopic (exact) mass is 256 g/mol. The van der Waals surface area contributed by atoms with E-state index in [9.17, 15) is 4.79 Å². The lowest BCUT2D eigenvalue weighted by Gasteiger charge is -2.08. The number of aliphatic hydroxyl groups is 1. The number of nitrogens with two attached hydrogens (primary N) is 1. The van der Waals surface area contributed by atoms with Crippen molar-refractivity contribution in [3.8, 4) is 0 Å². The lowest BCUT2D eigenvalue weighted by molar-refractivity contribution is 0.102. The molecule has 0 spiro atoms. The van der Waals surface area contributed by atoms with Crippen LogP contribution >= 0.6 is 0 Å². The summed E-state index contributed by atoms with van der Waals surface area (Å²) in [7, 11) is 0. The van der Waals surface area contributed by atoms with Gasteiger partial charge in [-0.2, -0.15) is 0 Å². The van der Waals surface area contributed by atoms with Crippen LogP contribution in [0.5, 0.6) is 0 Å². The topological polar surface area (TPSA) is 75.4 Å². The summed E-state index contributed by atoms with van der Waals surface area (Å²) in [5.74, 6) is -0.172. The molecule has 0 aliphatic heterocycles. The second-order valence-electron chi connectivity index (χ2n) is 4.38. The first kappa shape index (κ1) is 13.1. The maximum Gasteiger partial charge on any atom is 0.255 e. The summed E-state index contributed by atoms with van der Waals surface area (Å²) in [5.41, 5.74) is 9.23. The van der Waals surface area contributed by atoms with Gasteiger partial charge in [-0.25, -0.2) is 0 Å². The molecule has 4 N–H and O–H groups in total. The van der Waals surface area contributed by atoms with Crippen LogP contribution in [-0.4, -0.2) is 11.0 Å². The van der Waals surface area contributed by atoms with Crippen LogP contribution in [0.25, 0.3) is 0 Å². The van der Waals surface area contributed by atoms with Gasteiger partial charge in [0, 0.05) is 16.9 Å². The Morgan fingerprint density at radius 3 is 2.47 bits per heavy atom. The zero-order valence-corrected chi connectivity index (χ0v) is 10.7. The number of hydrogen-bond donors (Lipinski definition) is 3. The van der Waals surface area contributed by atoms with E-state index in [1.807, 2.05) is 6.92 Å². The van der Waals surface area contributed by atoms with Crippen molar-refractivity contribution < 1.29 is 9.90 Å². The molecule has 0 radical (unpaired) electrons. The molecule has 0 fully saturated rings. The molecule has 2 rings (SSSR count). The van der Waals surface area contributed by atoms with Gasteiger partial charge in [-0.15, -0.1) is 0 Å². The van der Waals surface area contributed by atoms with Gasteiger partial charge in [0.05, 0.1) is 6.61 Å². The average Bonchev–Trinajstić information content (AvgIpc) is 2.39. The van der Waals surface area contributed by atoms with Crippen molar-refractivity contribution in [2.24, 2.45) is 0 Å². The van der Waals surface area contributed by atoms with Crippen molar-refractivity contribution >= 4 is 17.3 Å². The summed E-state index contributed by atoms with van der Waals surface area (Å²) in [5, 5.41) is 11.8. The van der Waals surface area contributed by atoms with Crippen LogP contribution in [0.3, 0.4) is 0 Å². The van der Waals surface area contributed by atoms with Gasteiger partial charge < -0.3 is 16.2 Å². The molecular weight excluding hydrogens is 240 g/mol. The second kappa shape index (κ2) is 5.54. The summed E-state index contributed by atoms with van der Waals surface area (Å²) in [6.45, 7) is 1.84. The third-order valence-electron chi connectivity index (χ3n) is 2.89. The van der Waals surface area contributed by atoms with Crippen LogP contribution in [0.2, 0.25) is 0 Å². The summed E-state index contributed by atoms with van der Waals surface area (Å²) < 4.78 is 0. The molecule has 0 bridgehead atoms. The summed E-state index contributed by atoms with van der Waals surface area (Å²) in [6.07, 6.45) is 0. The molecule has 1 amide bonds. The lowest BCUT2D eigenvalue weighted by atomic mass is 10.1. The van der Waals surface area contributed by atoms with E-state index in [1.165, 1.54) is 0 Å². The normalized spacial score (nSPS) is 10.2. The average molecular weight is 256 g/mol. The number of aliphatic hydroxyl groups excluding tert-OH is 1. The number of aryl methyl sites for hydroxylation is 1. The van der Waals surface area contributed by atoms with Gasteiger partial charge in [-0.05, 0) is 48.4 Å². The highest BCUT2D eigenvalue weighted by Crippen LogP contribution is 2.15. The second-order valence-corrected chi connectivity index (χ2v) is 4.38. The van der Waals surface area contributed by atoms with Gasteiger partial charge in [0.2, 0.25) is 0 Å². The highest BCUT2D eigenvalue weighted by Gasteiger charge is 2.09. The van der Waals surface area contributed by atoms with Gasteiger partial charge in [0.25, 0.3) is 5.91 Å². The molecule has 4 nitrogen and oxygen atoms in total. The van der Waals surface area contributed by atoms with Crippen LogP contribution in [0.1, 0.15) is 21.5 Å². The Kier molecular flexibility index (Phi) is 3.82. The number of carbonyl (C=O) groups excluding carboxylic acids is 1. The highest BCUT2D eigenvalue weighted by atomic mass is 16.3. The van der Waals surface area contributed by atoms with Gasteiger partial charge in [0.1, 0.15) is 0 Å². The van der Waals surface area contributed by atoms with Crippen LogP contribution < -0.4 is 11.1 Å². The number of nitrogens with one attached hydrogen (secondary N) is 1. The van der Waals surface area contributed by atoms with E-state index in [2.05, 4.69) is 5.32 Å². The summed E-state index contributed by atoms with van der Waals surface area (Å²) in [6, 6.07) is 12.2. The molecular formula is C15H16N2O2. The molecule has 0 unspecified atom stereocenters. The maximum atomic E-state index is 12.1. The number of amides is 1. The van der Waals surface area contributed by atoms with Crippen molar-refractivity contribution in [3.05, 3.63) is 59.2 Å². The molecule has 4 heteroatoms. The molecule has 0 saturated carbocycles. The molecule has 19 heavy (non-hydrogen) atoms. The number of anilines is 2. The van der Waals surface area contributed by atoms with E-state index in [0.29, 0.717) is 16.9 Å². The van der Waals surface area contributed by atoms with Crippen molar-refractivity contribution in [1.29, 1.82) is 0 Å². The van der Waals surface area contributed by atoms with E-state index in [1.54, 1.807) is 42.5 Å². The van der Waals surface area contributed by atoms with Crippen molar-refractivity contribution in [2.45, 2.75) is 13.5 Å². The Labute approximate surface area is 111 Å². The fourth-order valence-electron chi connectivity index (χ4n) is 1.83. The Bertz CT molecular complexity index is 592. The van der Waals surface area contributed by atoms with E-state index in [4.69, 9.17) is 10.8 Å². The lowest BCUT2D eigenvalue weighted by Crippen LogP contribution is -2.13. The van der Waals surface area contributed by atoms with Gasteiger partial charge >= 0.3 is 0 Å². The third kappa shape index (κ3) is 3.11. The van der Waals surface area contributed by atoms with Gasteiger partial charge in [-0.1, -0.05) is 12.1 Å². The highest BCUT2D eigenvalue weighted by molar-refractivity contribution is 6.05. The molecule has 0 aliphatic rings. The minimum atomic E-state index is -0.172. The Morgan fingerprint density at radius 2 is 1.89 bits per heavy atom. The van der Waals surface area contributed by atoms with E-state index >= 15 is 0 Å². The number of nitrogen functional groups attached to an aromatic ring is 1. The van der Waals surface area contributed by atoms with Crippen LogP contribution in [0.15, 0.2) is 42.5 Å². The minimum absolute atomic E-state index is 0.00863. The summed E-state index contributed by atoms with van der Waals surface area (Å²) in [4.78, 5) is 12.1. The number of rotatable bonds is 3. The van der Waals surface area contributed by atoms with Crippen LogP contribution in [0, 0.1) is 6.92 Å². The minimum Gasteiger partial charge on any atom is -0.399 e. The van der Waals surface area contributed by atoms with Crippen LogP contribution in [0.4, 0.5) is 11.4 Å². The molecule has 0 atom stereocenters. The quantitative estimate of drug-likeness (QED) is 0.738. The van der Waals surface area contributed by atoms with E-state index in [-0.39, 0.29) is 12.5 Å². The molecule has 98 valence electrons. The van der Waals surface area contributed by atoms with Crippen LogP contribution in [-0.2, 0) is 6.61 Å². The number of benzene rings is 2. The van der Waals surface area contributed by atoms with E-state index < -0.39 is 0 Å². The van der Waals surface area contributed by atoms with Gasteiger partial charge in [0.15, 0.2) is 0 Å². The van der Waals surface area contributed by atoms with Gasteiger partial charge in [-0.3, -0.25) is 4.79 Å². The predicted octanol–water partition coefficient (Wildman–Crippen LogP) is 2.32. The fraction of sp³-hybridized carbons (Fsp3) is 0.133. The molecule has 0 heterocycles. The Balaban J connectivity index is 2.15. The number of hydrogen-bond acceptors (Lipinski definition) is 3. The first-order chi connectivity index (χ1) is 9.10. The van der Waals surface area contributed by atoms with Crippen molar-refractivity contribution in [1.82, 2.24) is 0 Å².